The van der Waals surface area contributed by atoms with Gasteiger partial charge in [0.2, 0.25) is 0 Å². The summed E-state index contributed by atoms with van der Waals surface area (Å²) >= 11 is 7.20. The van der Waals surface area contributed by atoms with Crippen LogP contribution in [0, 0.1) is 6.92 Å². The number of hydrogen-bond donors (Lipinski definition) is 1. The quantitative estimate of drug-likeness (QED) is 0.828. The molecule has 1 saturated heterocycles. The van der Waals surface area contributed by atoms with Crippen LogP contribution in [-0.4, -0.2) is 44.5 Å². The highest BCUT2D eigenvalue weighted by atomic mass is 32.2. The van der Waals surface area contributed by atoms with Gasteiger partial charge >= 0.3 is 0 Å². The summed E-state index contributed by atoms with van der Waals surface area (Å²) in [6.07, 6.45) is 0.390. The van der Waals surface area contributed by atoms with Gasteiger partial charge in [0.15, 0.2) is 0 Å². The van der Waals surface area contributed by atoms with Crippen molar-refractivity contribution in [2.24, 2.45) is 0 Å². The van der Waals surface area contributed by atoms with Crippen molar-refractivity contribution >= 4 is 39.2 Å². The number of thioether (sulfide) groups is 1. The Hall–Kier alpha value is -1.44. The van der Waals surface area contributed by atoms with Crippen LogP contribution in [0.4, 0.5) is 0 Å². The second-order valence-electron chi connectivity index (χ2n) is 6.22. The van der Waals surface area contributed by atoms with Gasteiger partial charge in [-0.1, -0.05) is 30.0 Å². The molecule has 0 spiro atoms. The number of H-pyrrole nitrogens is 1. The van der Waals surface area contributed by atoms with E-state index in [9.17, 15) is 4.79 Å². The summed E-state index contributed by atoms with van der Waals surface area (Å²) in [5.74, 6) is 1.37. The van der Waals surface area contributed by atoms with Gasteiger partial charge in [-0.25, -0.2) is 4.98 Å². The molecule has 5 nitrogen and oxygen atoms in total. The molecule has 2 heterocycles. The number of morpholine rings is 1. The molecular weight excluding hydrogens is 342 g/mol. The summed E-state index contributed by atoms with van der Waals surface area (Å²) in [7, 11) is 0. The summed E-state index contributed by atoms with van der Waals surface area (Å²) < 4.78 is 6.63. The minimum Gasteiger partial charge on any atom is -0.372 e. The smallest absolute Gasteiger partial charge is 0.258 e. The van der Waals surface area contributed by atoms with Gasteiger partial charge in [0.05, 0.1) is 23.1 Å². The molecule has 0 bridgehead atoms. The van der Waals surface area contributed by atoms with E-state index in [0.29, 0.717) is 11.2 Å². The summed E-state index contributed by atoms with van der Waals surface area (Å²) in [6.45, 7) is 7.59. The maximum atomic E-state index is 12.1. The molecule has 0 saturated carbocycles. The number of nitrogens with zero attached hydrogens (tertiary/aromatic N) is 2. The molecule has 0 aliphatic carbocycles. The van der Waals surface area contributed by atoms with Crippen molar-refractivity contribution in [2.45, 2.75) is 38.7 Å². The van der Waals surface area contributed by atoms with Crippen molar-refractivity contribution in [2.75, 3.05) is 13.1 Å². The lowest BCUT2D eigenvalue weighted by Gasteiger charge is -2.36. The van der Waals surface area contributed by atoms with Gasteiger partial charge in [0.1, 0.15) is 10.1 Å². The minimum absolute atomic E-state index is 0.0947. The van der Waals surface area contributed by atoms with Gasteiger partial charge in [0.25, 0.3) is 5.56 Å². The number of aromatic nitrogens is 2. The summed E-state index contributed by atoms with van der Waals surface area (Å²) in [5.41, 5.74) is 1.70. The Bertz CT molecular complexity index is 811. The minimum atomic E-state index is -0.0947. The van der Waals surface area contributed by atoms with Crippen LogP contribution in [0.1, 0.15) is 25.2 Å². The van der Waals surface area contributed by atoms with E-state index in [-0.39, 0.29) is 17.8 Å². The Kier molecular flexibility index (Phi) is 5.22. The second kappa shape index (κ2) is 7.21. The maximum absolute atomic E-state index is 12.1. The fraction of sp³-hybridized carbons (Fsp3) is 0.471. The molecule has 1 aromatic heterocycles. The Morgan fingerprint density at radius 2 is 2.12 bits per heavy atom. The average molecular weight is 364 g/mol. The summed E-state index contributed by atoms with van der Waals surface area (Å²) in [4.78, 5) is 21.4. The van der Waals surface area contributed by atoms with Gasteiger partial charge in [0, 0.05) is 18.8 Å². The highest BCUT2D eigenvalue weighted by molar-refractivity contribution is 8.22. The number of benzene rings is 1. The van der Waals surface area contributed by atoms with Crippen LogP contribution in [0.15, 0.2) is 23.0 Å². The zero-order chi connectivity index (χ0) is 17.3. The number of hydrogen-bond acceptors (Lipinski definition) is 5. The predicted octanol–water partition coefficient (Wildman–Crippen LogP) is 2.86. The van der Waals surface area contributed by atoms with Crippen LogP contribution >= 0.6 is 24.0 Å². The number of aromatic amines is 1. The van der Waals surface area contributed by atoms with Gasteiger partial charge in [-0.2, -0.15) is 0 Å². The van der Waals surface area contributed by atoms with Crippen molar-refractivity contribution in [1.82, 2.24) is 14.9 Å². The first-order valence-electron chi connectivity index (χ1n) is 7.99. The standard InChI is InChI=1S/C17H21N3O2S2/c1-10-7-20(8-11(2)22-10)17(23)24-9-13-4-5-15-14(6-13)16(21)19-12(3)18-15/h4-6,10-11H,7-9H2,1-3H3,(H,18,19,21). The molecule has 0 amide bonds. The molecule has 3 rings (SSSR count). The first kappa shape index (κ1) is 17.4. The Balaban J connectivity index is 1.69. The van der Waals surface area contributed by atoms with Gasteiger partial charge < -0.3 is 14.6 Å². The summed E-state index contributed by atoms with van der Waals surface area (Å²) in [6, 6.07) is 5.81. The molecule has 7 heteroatoms. The van der Waals surface area contributed by atoms with Crippen molar-refractivity contribution in [1.29, 1.82) is 0 Å². The number of rotatable bonds is 2. The third kappa shape index (κ3) is 3.96. The zero-order valence-electron chi connectivity index (χ0n) is 14.0. The van der Waals surface area contributed by atoms with Crippen LogP contribution in [0.3, 0.4) is 0 Å². The SMILES string of the molecule is Cc1nc2ccc(CSC(=S)N3CC(C)OC(C)C3)cc2c(=O)[nH]1. The molecule has 1 aliphatic rings. The highest BCUT2D eigenvalue weighted by Crippen LogP contribution is 2.21. The highest BCUT2D eigenvalue weighted by Gasteiger charge is 2.24. The van der Waals surface area contributed by atoms with Gasteiger partial charge in [-0.05, 0) is 38.5 Å². The van der Waals surface area contributed by atoms with E-state index in [2.05, 4.69) is 28.7 Å². The number of ether oxygens (including phenoxy) is 1. The first-order chi connectivity index (χ1) is 11.4. The van der Waals surface area contributed by atoms with Crippen LogP contribution < -0.4 is 5.56 Å². The Labute approximate surface area is 150 Å². The number of thiocarbonyl (C=S) groups is 1. The lowest BCUT2D eigenvalue weighted by atomic mass is 10.2. The molecule has 0 radical (unpaired) electrons. The molecule has 2 aromatic rings. The molecule has 1 N–H and O–H groups in total. The molecule has 24 heavy (non-hydrogen) atoms. The maximum Gasteiger partial charge on any atom is 0.258 e. The topological polar surface area (TPSA) is 58.2 Å². The van der Waals surface area contributed by atoms with E-state index >= 15 is 0 Å². The van der Waals surface area contributed by atoms with E-state index in [1.54, 1.807) is 18.7 Å². The number of fused-ring (bicyclic) bond motifs is 1. The normalized spacial score (nSPS) is 21.2. The largest absolute Gasteiger partial charge is 0.372 e. The van der Waals surface area contributed by atoms with Gasteiger partial charge in [-0.15, -0.1) is 0 Å². The van der Waals surface area contributed by atoms with Crippen molar-refractivity contribution < 1.29 is 4.74 Å². The van der Waals surface area contributed by atoms with E-state index < -0.39 is 0 Å². The van der Waals surface area contributed by atoms with E-state index in [1.165, 1.54) is 0 Å². The lowest BCUT2D eigenvalue weighted by Crippen LogP contribution is -2.46. The van der Waals surface area contributed by atoms with Crippen LogP contribution in [-0.2, 0) is 10.5 Å². The third-order valence-electron chi connectivity index (χ3n) is 3.93. The van der Waals surface area contributed by atoms with E-state index in [0.717, 1.165) is 34.2 Å². The Morgan fingerprint density at radius 3 is 2.83 bits per heavy atom. The molecule has 2 unspecified atom stereocenters. The molecule has 2 atom stereocenters. The number of aryl methyl sites for hydroxylation is 1. The van der Waals surface area contributed by atoms with Crippen molar-refractivity contribution in [3.8, 4) is 0 Å². The van der Waals surface area contributed by atoms with Gasteiger partial charge in [-0.3, -0.25) is 4.79 Å². The van der Waals surface area contributed by atoms with Crippen LogP contribution in [0.5, 0.6) is 0 Å². The molecule has 1 fully saturated rings. The lowest BCUT2D eigenvalue weighted by molar-refractivity contribution is -0.0465. The average Bonchev–Trinajstić information content (AvgIpc) is 2.51. The molecule has 1 aliphatic heterocycles. The molecule has 1 aromatic carbocycles. The first-order valence-corrected chi connectivity index (χ1v) is 9.38. The van der Waals surface area contributed by atoms with Crippen molar-refractivity contribution in [3.63, 3.8) is 0 Å². The third-order valence-corrected chi connectivity index (χ3v) is 5.52. The zero-order valence-corrected chi connectivity index (χ0v) is 15.7. The summed E-state index contributed by atoms with van der Waals surface area (Å²) in [5, 5.41) is 0.623. The van der Waals surface area contributed by atoms with Crippen molar-refractivity contribution in [3.05, 3.63) is 39.9 Å². The Morgan fingerprint density at radius 1 is 1.42 bits per heavy atom. The van der Waals surface area contributed by atoms with E-state index in [1.807, 2.05) is 18.2 Å². The van der Waals surface area contributed by atoms with E-state index in [4.69, 9.17) is 17.0 Å². The fourth-order valence-corrected chi connectivity index (χ4v) is 4.08. The second-order valence-corrected chi connectivity index (χ2v) is 7.83. The molecule has 128 valence electrons. The van der Waals surface area contributed by atoms with Crippen LogP contribution in [0.2, 0.25) is 0 Å². The van der Waals surface area contributed by atoms with Crippen LogP contribution in [0.25, 0.3) is 10.9 Å². The molecular formula is C17H21N3O2S2. The monoisotopic (exact) mass is 363 g/mol. The fourth-order valence-electron chi connectivity index (χ4n) is 2.96. The number of nitrogens with one attached hydrogen (secondary N) is 1. The predicted molar refractivity (Wildman–Crippen MR) is 103 cm³/mol.